The van der Waals surface area contributed by atoms with E-state index in [1.165, 1.54) is 12.1 Å². The van der Waals surface area contributed by atoms with Gasteiger partial charge in [0.25, 0.3) is 11.6 Å². The predicted molar refractivity (Wildman–Crippen MR) is 78.0 cm³/mol. The number of nitro groups is 1. The Hall–Kier alpha value is -2.06. The molecule has 0 saturated carbocycles. The lowest BCUT2D eigenvalue weighted by Crippen LogP contribution is -2.15. The summed E-state index contributed by atoms with van der Waals surface area (Å²) in [6, 6.07) is 5.05. The summed E-state index contributed by atoms with van der Waals surface area (Å²) in [6.07, 6.45) is 0.870. The summed E-state index contributed by atoms with van der Waals surface area (Å²) in [4.78, 5) is 25.7. The fourth-order valence-electron chi connectivity index (χ4n) is 1.53. The summed E-state index contributed by atoms with van der Waals surface area (Å²) in [5.41, 5.74) is -0.929. The van der Waals surface area contributed by atoms with Gasteiger partial charge in [0, 0.05) is 4.47 Å². The van der Waals surface area contributed by atoms with Crippen LogP contribution in [0.5, 0.6) is 0 Å². The number of amides is 1. The standard InChI is InChI=1S/C12H6BrClFN3O3/c13-6-1-2-9(8(15)3-6)17-12(19)7-4-11(14)16-5-10(7)18(20)21/h1-5H,(H,17,19). The van der Waals surface area contributed by atoms with Crippen molar-refractivity contribution < 1.29 is 14.1 Å². The van der Waals surface area contributed by atoms with E-state index in [4.69, 9.17) is 11.6 Å². The maximum atomic E-state index is 13.6. The lowest BCUT2D eigenvalue weighted by molar-refractivity contribution is -0.385. The van der Waals surface area contributed by atoms with E-state index in [2.05, 4.69) is 26.2 Å². The van der Waals surface area contributed by atoms with E-state index in [1.807, 2.05) is 0 Å². The molecule has 0 atom stereocenters. The van der Waals surface area contributed by atoms with E-state index < -0.39 is 22.3 Å². The number of benzene rings is 1. The Morgan fingerprint density at radius 1 is 1.43 bits per heavy atom. The normalized spacial score (nSPS) is 10.2. The SMILES string of the molecule is O=C(Nc1ccc(Br)cc1F)c1cc(Cl)ncc1[N+](=O)[O-]. The third-order valence-electron chi connectivity index (χ3n) is 2.47. The van der Waals surface area contributed by atoms with Crippen LogP contribution in [0.4, 0.5) is 15.8 Å². The van der Waals surface area contributed by atoms with Crippen LogP contribution in [0.3, 0.4) is 0 Å². The number of nitrogens with one attached hydrogen (secondary N) is 1. The van der Waals surface area contributed by atoms with E-state index in [0.717, 1.165) is 18.3 Å². The predicted octanol–water partition coefficient (Wildman–Crippen LogP) is 3.80. The van der Waals surface area contributed by atoms with Gasteiger partial charge in [-0.1, -0.05) is 27.5 Å². The number of aromatic nitrogens is 1. The molecule has 21 heavy (non-hydrogen) atoms. The first-order valence-corrected chi connectivity index (χ1v) is 6.62. The van der Waals surface area contributed by atoms with E-state index in [0.29, 0.717) is 4.47 Å². The molecule has 0 spiro atoms. The molecule has 1 aromatic heterocycles. The fourth-order valence-corrected chi connectivity index (χ4v) is 2.02. The molecule has 0 aliphatic heterocycles. The Morgan fingerprint density at radius 2 is 2.14 bits per heavy atom. The minimum absolute atomic E-state index is 0.0815. The van der Waals surface area contributed by atoms with Crippen molar-refractivity contribution >= 4 is 44.8 Å². The quantitative estimate of drug-likeness (QED) is 0.503. The first-order valence-electron chi connectivity index (χ1n) is 5.45. The van der Waals surface area contributed by atoms with E-state index >= 15 is 0 Å². The van der Waals surface area contributed by atoms with Crippen LogP contribution in [0.2, 0.25) is 5.15 Å². The van der Waals surface area contributed by atoms with Crippen LogP contribution in [0.25, 0.3) is 0 Å². The van der Waals surface area contributed by atoms with Crippen LogP contribution in [0.1, 0.15) is 10.4 Å². The van der Waals surface area contributed by atoms with E-state index in [-0.39, 0.29) is 16.4 Å². The molecule has 1 amide bonds. The molecule has 0 aliphatic rings. The highest BCUT2D eigenvalue weighted by molar-refractivity contribution is 9.10. The molecule has 0 bridgehead atoms. The van der Waals surface area contributed by atoms with Crippen molar-refractivity contribution in [2.24, 2.45) is 0 Å². The van der Waals surface area contributed by atoms with Gasteiger partial charge in [0.2, 0.25) is 0 Å². The Labute approximate surface area is 131 Å². The van der Waals surface area contributed by atoms with Crippen molar-refractivity contribution in [1.29, 1.82) is 0 Å². The molecule has 0 aliphatic carbocycles. The Bertz CT molecular complexity index is 742. The number of pyridine rings is 1. The molecule has 0 radical (unpaired) electrons. The maximum absolute atomic E-state index is 13.6. The van der Waals surface area contributed by atoms with Crippen molar-refractivity contribution in [2.75, 3.05) is 5.32 Å². The number of halogens is 3. The summed E-state index contributed by atoms with van der Waals surface area (Å²) >= 11 is 8.71. The second-order valence-electron chi connectivity index (χ2n) is 3.86. The van der Waals surface area contributed by atoms with Crippen LogP contribution >= 0.6 is 27.5 Å². The minimum atomic E-state index is -0.854. The summed E-state index contributed by atoms with van der Waals surface area (Å²) in [5.74, 6) is -1.53. The topological polar surface area (TPSA) is 85.1 Å². The Balaban J connectivity index is 2.36. The number of hydrogen-bond donors (Lipinski definition) is 1. The maximum Gasteiger partial charge on any atom is 0.300 e. The molecule has 1 N–H and O–H groups in total. The first-order chi connectivity index (χ1) is 9.88. The third kappa shape index (κ3) is 3.53. The number of rotatable bonds is 3. The van der Waals surface area contributed by atoms with Gasteiger partial charge in [-0.3, -0.25) is 14.9 Å². The van der Waals surface area contributed by atoms with E-state index in [1.54, 1.807) is 0 Å². The largest absolute Gasteiger partial charge is 0.319 e. The zero-order valence-corrected chi connectivity index (χ0v) is 12.5. The van der Waals surface area contributed by atoms with Gasteiger partial charge in [-0.25, -0.2) is 9.37 Å². The smallest absolute Gasteiger partial charge is 0.300 e. The molecule has 1 heterocycles. The summed E-state index contributed by atoms with van der Waals surface area (Å²) < 4.78 is 14.1. The van der Waals surface area contributed by atoms with E-state index in [9.17, 15) is 19.3 Å². The molecule has 6 nitrogen and oxygen atoms in total. The second-order valence-corrected chi connectivity index (χ2v) is 5.16. The van der Waals surface area contributed by atoms with Crippen molar-refractivity contribution in [2.45, 2.75) is 0 Å². The number of anilines is 1. The van der Waals surface area contributed by atoms with Gasteiger partial charge in [-0.2, -0.15) is 0 Å². The molecule has 0 unspecified atom stereocenters. The van der Waals surface area contributed by atoms with Gasteiger partial charge in [-0.15, -0.1) is 0 Å². The molecule has 2 rings (SSSR count). The molecule has 0 fully saturated rings. The van der Waals surface area contributed by atoms with Crippen LogP contribution in [0, 0.1) is 15.9 Å². The highest BCUT2D eigenvalue weighted by Gasteiger charge is 2.22. The number of carbonyl (C=O) groups is 1. The molecule has 2 aromatic rings. The lowest BCUT2D eigenvalue weighted by Gasteiger charge is -2.07. The monoisotopic (exact) mass is 373 g/mol. The fraction of sp³-hybridized carbons (Fsp3) is 0. The zero-order valence-electron chi connectivity index (χ0n) is 10.1. The van der Waals surface area contributed by atoms with Crippen LogP contribution in [-0.4, -0.2) is 15.8 Å². The summed E-state index contributed by atoms with van der Waals surface area (Å²) in [7, 11) is 0. The van der Waals surface area contributed by atoms with Crippen LogP contribution < -0.4 is 5.32 Å². The average Bonchev–Trinajstić information content (AvgIpc) is 2.41. The minimum Gasteiger partial charge on any atom is -0.319 e. The molecular formula is C12H6BrClFN3O3. The highest BCUT2D eigenvalue weighted by atomic mass is 79.9. The van der Waals surface area contributed by atoms with Crippen molar-refractivity contribution in [1.82, 2.24) is 4.98 Å². The van der Waals surface area contributed by atoms with Gasteiger partial charge in [0.15, 0.2) is 0 Å². The zero-order chi connectivity index (χ0) is 15.6. The van der Waals surface area contributed by atoms with Gasteiger partial charge in [-0.05, 0) is 24.3 Å². The Morgan fingerprint density at radius 3 is 2.76 bits per heavy atom. The summed E-state index contributed by atoms with van der Waals surface area (Å²) in [5, 5.41) is 13.0. The van der Waals surface area contributed by atoms with Gasteiger partial charge >= 0.3 is 0 Å². The third-order valence-corrected chi connectivity index (χ3v) is 3.17. The molecule has 108 valence electrons. The average molecular weight is 375 g/mol. The van der Waals surface area contributed by atoms with Crippen molar-refractivity contribution in [3.8, 4) is 0 Å². The van der Waals surface area contributed by atoms with Crippen molar-refractivity contribution in [3.63, 3.8) is 0 Å². The first kappa shape index (κ1) is 15.3. The number of hydrogen-bond acceptors (Lipinski definition) is 4. The molecule has 1 aromatic carbocycles. The van der Waals surface area contributed by atoms with Crippen LogP contribution in [0.15, 0.2) is 34.9 Å². The van der Waals surface area contributed by atoms with Gasteiger partial charge in [0.1, 0.15) is 22.7 Å². The lowest BCUT2D eigenvalue weighted by atomic mass is 10.2. The summed E-state index contributed by atoms with van der Waals surface area (Å²) in [6.45, 7) is 0. The highest BCUT2D eigenvalue weighted by Crippen LogP contribution is 2.24. The van der Waals surface area contributed by atoms with Crippen molar-refractivity contribution in [3.05, 3.63) is 61.6 Å². The van der Waals surface area contributed by atoms with Gasteiger partial charge in [0.05, 0.1) is 10.6 Å². The molecule has 9 heteroatoms. The number of carbonyl (C=O) groups excluding carboxylic acids is 1. The number of nitrogens with zero attached hydrogens (tertiary/aromatic N) is 2. The Kier molecular flexibility index (Phi) is 4.49. The van der Waals surface area contributed by atoms with Gasteiger partial charge < -0.3 is 5.32 Å². The molecular weight excluding hydrogens is 369 g/mol. The molecule has 0 saturated heterocycles. The van der Waals surface area contributed by atoms with Crippen LogP contribution in [-0.2, 0) is 0 Å². The second kappa shape index (κ2) is 6.15.